The number of nitrogens with one attached hydrogen (secondary N) is 1. The van der Waals surface area contributed by atoms with Gasteiger partial charge in [-0.3, -0.25) is 0 Å². The minimum absolute atomic E-state index is 0.345. The third-order valence-electron chi connectivity index (χ3n) is 3.97. The molecule has 1 saturated heterocycles. The molecule has 0 amide bonds. The van der Waals surface area contributed by atoms with Crippen LogP contribution in [0.3, 0.4) is 0 Å². The molecule has 1 unspecified atom stereocenters. The molecule has 1 aromatic rings. The topological polar surface area (TPSA) is 21.3 Å². The van der Waals surface area contributed by atoms with Crippen molar-refractivity contribution >= 4 is 0 Å². The molecule has 2 rings (SSSR count). The molecule has 1 fully saturated rings. The summed E-state index contributed by atoms with van der Waals surface area (Å²) in [7, 11) is 0. The lowest BCUT2D eigenvalue weighted by molar-refractivity contribution is -0.100. The number of rotatable bonds is 8. The van der Waals surface area contributed by atoms with Gasteiger partial charge >= 0.3 is 0 Å². The molecule has 0 saturated carbocycles. The highest BCUT2D eigenvalue weighted by molar-refractivity contribution is 5.18. The molecule has 0 aromatic heterocycles. The third kappa shape index (κ3) is 4.32. The minimum Gasteiger partial charge on any atom is -0.380 e. The van der Waals surface area contributed by atoms with Gasteiger partial charge in [0.05, 0.1) is 13.2 Å². The van der Waals surface area contributed by atoms with Gasteiger partial charge in [0.25, 0.3) is 0 Å². The van der Waals surface area contributed by atoms with E-state index in [2.05, 4.69) is 49.5 Å². The van der Waals surface area contributed by atoms with E-state index in [1.165, 1.54) is 31.2 Å². The van der Waals surface area contributed by atoms with E-state index in [-0.39, 0.29) is 0 Å². The number of hydrogen-bond donors (Lipinski definition) is 1. The first-order valence-electron chi connectivity index (χ1n) is 7.59. The van der Waals surface area contributed by atoms with Crippen molar-refractivity contribution in [2.75, 3.05) is 19.8 Å². The molecule has 2 heteroatoms. The Morgan fingerprint density at radius 1 is 1.21 bits per heavy atom. The quantitative estimate of drug-likeness (QED) is 0.716. The summed E-state index contributed by atoms with van der Waals surface area (Å²) in [6.07, 6.45) is 5.14. The van der Waals surface area contributed by atoms with Crippen LogP contribution < -0.4 is 5.32 Å². The number of unbranched alkanes of at least 4 members (excludes halogenated alkanes) is 2. The third-order valence-corrected chi connectivity index (χ3v) is 3.97. The first kappa shape index (κ1) is 14.5. The smallest absolute Gasteiger partial charge is 0.0554 e. The largest absolute Gasteiger partial charge is 0.380 e. The Morgan fingerprint density at radius 3 is 2.53 bits per heavy atom. The molecule has 1 aliphatic heterocycles. The van der Waals surface area contributed by atoms with Gasteiger partial charge in [-0.15, -0.1) is 0 Å². The normalized spacial score (nSPS) is 18.8. The molecule has 1 N–H and O–H groups in total. The Hall–Kier alpha value is -0.860. The summed E-state index contributed by atoms with van der Waals surface area (Å²) >= 11 is 0. The predicted octanol–water partition coefficient (Wildman–Crippen LogP) is 3.93. The lowest BCUT2D eigenvalue weighted by Gasteiger charge is -2.39. The molecule has 0 bridgehead atoms. The summed E-state index contributed by atoms with van der Waals surface area (Å²) in [5.74, 6) is 0. The molecule has 1 aromatic carbocycles. The molecule has 1 heterocycles. The standard InChI is InChI=1S/C17H27NO/c1-3-4-6-11-16(15-9-7-5-8-10-15)18-12-17(2)13-19-14-17/h5,7-10,16,18H,3-4,6,11-14H2,1-2H3. The zero-order valence-electron chi connectivity index (χ0n) is 12.3. The van der Waals surface area contributed by atoms with E-state index in [1.807, 2.05) is 0 Å². The van der Waals surface area contributed by atoms with Crippen molar-refractivity contribution < 1.29 is 4.74 Å². The van der Waals surface area contributed by atoms with Gasteiger partial charge in [0.1, 0.15) is 0 Å². The zero-order chi connectivity index (χ0) is 13.6. The van der Waals surface area contributed by atoms with E-state index in [9.17, 15) is 0 Å². The molecule has 0 spiro atoms. The maximum absolute atomic E-state index is 5.33. The molecule has 0 radical (unpaired) electrons. The second kappa shape index (κ2) is 7.06. The van der Waals surface area contributed by atoms with Crippen LogP contribution in [0.25, 0.3) is 0 Å². The van der Waals surface area contributed by atoms with Crippen LogP contribution in [0.2, 0.25) is 0 Å². The summed E-state index contributed by atoms with van der Waals surface area (Å²) in [4.78, 5) is 0. The summed E-state index contributed by atoms with van der Waals surface area (Å²) in [5, 5.41) is 3.76. The Labute approximate surface area is 117 Å². The summed E-state index contributed by atoms with van der Waals surface area (Å²) in [5.41, 5.74) is 1.76. The Balaban J connectivity index is 1.89. The first-order chi connectivity index (χ1) is 9.23. The van der Waals surface area contributed by atoms with Gasteiger partial charge in [-0.1, -0.05) is 63.4 Å². The van der Waals surface area contributed by atoms with Crippen molar-refractivity contribution in [1.82, 2.24) is 5.32 Å². The van der Waals surface area contributed by atoms with Crippen LogP contribution in [-0.2, 0) is 4.74 Å². The maximum atomic E-state index is 5.33. The van der Waals surface area contributed by atoms with Crippen molar-refractivity contribution in [3.8, 4) is 0 Å². The monoisotopic (exact) mass is 261 g/mol. The molecular formula is C17H27NO. The van der Waals surface area contributed by atoms with Crippen LogP contribution in [0.5, 0.6) is 0 Å². The lowest BCUT2D eigenvalue weighted by Crippen LogP contribution is -2.48. The van der Waals surface area contributed by atoms with Crippen LogP contribution in [0, 0.1) is 5.41 Å². The number of benzene rings is 1. The summed E-state index contributed by atoms with van der Waals surface area (Å²) in [6.45, 7) is 7.42. The van der Waals surface area contributed by atoms with Gasteiger partial charge in [0.15, 0.2) is 0 Å². The first-order valence-corrected chi connectivity index (χ1v) is 7.59. The van der Waals surface area contributed by atoms with Crippen molar-refractivity contribution in [3.63, 3.8) is 0 Å². The van der Waals surface area contributed by atoms with E-state index in [0.29, 0.717) is 11.5 Å². The SMILES string of the molecule is CCCCCC(NCC1(C)COC1)c1ccccc1. The Bertz CT molecular complexity index is 359. The summed E-state index contributed by atoms with van der Waals surface area (Å²) in [6, 6.07) is 11.3. The molecule has 2 nitrogen and oxygen atoms in total. The zero-order valence-corrected chi connectivity index (χ0v) is 12.3. The van der Waals surface area contributed by atoms with Crippen LogP contribution in [0.15, 0.2) is 30.3 Å². The highest BCUT2D eigenvalue weighted by Gasteiger charge is 2.33. The van der Waals surface area contributed by atoms with Gasteiger partial charge < -0.3 is 10.1 Å². The molecule has 1 aliphatic rings. The fourth-order valence-corrected chi connectivity index (χ4v) is 2.59. The van der Waals surface area contributed by atoms with Crippen LogP contribution >= 0.6 is 0 Å². The van der Waals surface area contributed by atoms with Crippen molar-refractivity contribution in [1.29, 1.82) is 0 Å². The van der Waals surface area contributed by atoms with E-state index in [0.717, 1.165) is 19.8 Å². The molecular weight excluding hydrogens is 234 g/mol. The van der Waals surface area contributed by atoms with Crippen LogP contribution in [0.1, 0.15) is 51.1 Å². The number of hydrogen-bond acceptors (Lipinski definition) is 2. The van der Waals surface area contributed by atoms with E-state index < -0.39 is 0 Å². The highest BCUT2D eigenvalue weighted by Crippen LogP contribution is 2.27. The Kier molecular flexibility index (Phi) is 5.41. The van der Waals surface area contributed by atoms with Crippen molar-refractivity contribution in [2.45, 2.75) is 45.6 Å². The lowest BCUT2D eigenvalue weighted by atomic mass is 9.88. The fourth-order valence-electron chi connectivity index (χ4n) is 2.59. The van der Waals surface area contributed by atoms with Gasteiger partial charge in [-0.25, -0.2) is 0 Å². The van der Waals surface area contributed by atoms with Gasteiger partial charge in [-0.2, -0.15) is 0 Å². The predicted molar refractivity (Wildman–Crippen MR) is 80.3 cm³/mol. The fraction of sp³-hybridized carbons (Fsp3) is 0.647. The molecule has 106 valence electrons. The molecule has 1 atom stereocenters. The van der Waals surface area contributed by atoms with Crippen LogP contribution in [-0.4, -0.2) is 19.8 Å². The maximum Gasteiger partial charge on any atom is 0.0554 e. The van der Waals surface area contributed by atoms with Gasteiger partial charge in [0, 0.05) is 18.0 Å². The second-order valence-electron chi connectivity index (χ2n) is 6.14. The molecule has 0 aliphatic carbocycles. The second-order valence-corrected chi connectivity index (χ2v) is 6.14. The summed E-state index contributed by atoms with van der Waals surface area (Å²) < 4.78 is 5.33. The van der Waals surface area contributed by atoms with Crippen LogP contribution in [0.4, 0.5) is 0 Å². The van der Waals surface area contributed by atoms with Gasteiger partial charge in [0.2, 0.25) is 0 Å². The van der Waals surface area contributed by atoms with Crippen molar-refractivity contribution in [3.05, 3.63) is 35.9 Å². The molecule has 19 heavy (non-hydrogen) atoms. The average molecular weight is 261 g/mol. The van der Waals surface area contributed by atoms with E-state index in [4.69, 9.17) is 4.74 Å². The van der Waals surface area contributed by atoms with Gasteiger partial charge in [-0.05, 0) is 12.0 Å². The minimum atomic E-state index is 0.345. The van der Waals surface area contributed by atoms with E-state index >= 15 is 0 Å². The van der Waals surface area contributed by atoms with Crippen molar-refractivity contribution in [2.24, 2.45) is 5.41 Å². The number of ether oxygens (including phenoxy) is 1. The average Bonchev–Trinajstić information content (AvgIpc) is 2.41. The Morgan fingerprint density at radius 2 is 1.95 bits per heavy atom. The highest BCUT2D eigenvalue weighted by atomic mass is 16.5. The van der Waals surface area contributed by atoms with E-state index in [1.54, 1.807) is 0 Å².